The molecule has 0 radical (unpaired) electrons. The smallest absolute Gasteiger partial charge is 0.253 e. The molecule has 2 aromatic rings. The van der Waals surface area contributed by atoms with Crippen molar-refractivity contribution in [1.82, 2.24) is 14.9 Å². The lowest BCUT2D eigenvalue weighted by molar-refractivity contribution is 0.0827. The summed E-state index contributed by atoms with van der Waals surface area (Å²) in [4.78, 5) is 23.1. The number of carbonyl (C=O) groups is 1. The first-order valence-electron chi connectivity index (χ1n) is 7.13. The second-order valence-corrected chi connectivity index (χ2v) is 5.51. The number of rotatable bonds is 5. The molecule has 0 aliphatic rings. The Morgan fingerprint density at radius 3 is 2.65 bits per heavy atom. The number of hydrogen-bond donors (Lipinski definition) is 1. The summed E-state index contributed by atoms with van der Waals surface area (Å²) in [6.07, 6.45) is 1.14. The third-order valence-electron chi connectivity index (χ3n) is 3.18. The normalized spacial score (nSPS) is 10.3. The van der Waals surface area contributed by atoms with Gasteiger partial charge in [-0.2, -0.15) is 4.98 Å². The lowest BCUT2D eigenvalue weighted by Gasteiger charge is -2.14. The molecule has 1 amide bonds. The minimum atomic E-state index is -0.473. The predicted octanol–water partition coefficient (Wildman–Crippen LogP) is 2.00. The summed E-state index contributed by atoms with van der Waals surface area (Å²) in [5, 5.41) is 3.04. The van der Waals surface area contributed by atoms with Crippen molar-refractivity contribution in [2.24, 2.45) is 0 Å². The molecule has 122 valence electrons. The van der Waals surface area contributed by atoms with E-state index < -0.39 is 5.82 Å². The lowest BCUT2D eigenvalue weighted by Crippen LogP contribution is -2.21. The second kappa shape index (κ2) is 7.04. The van der Waals surface area contributed by atoms with E-state index in [2.05, 4.69) is 15.3 Å². The topological polar surface area (TPSA) is 61.4 Å². The molecule has 1 heterocycles. The van der Waals surface area contributed by atoms with Crippen LogP contribution in [0.3, 0.4) is 0 Å². The third-order valence-corrected chi connectivity index (χ3v) is 3.18. The highest BCUT2D eigenvalue weighted by Gasteiger charge is 2.10. The van der Waals surface area contributed by atoms with E-state index in [-0.39, 0.29) is 11.7 Å². The van der Waals surface area contributed by atoms with E-state index >= 15 is 0 Å². The first kappa shape index (κ1) is 16.7. The van der Waals surface area contributed by atoms with Gasteiger partial charge in [0.05, 0.1) is 6.20 Å². The monoisotopic (exact) mass is 317 g/mol. The number of carbonyl (C=O) groups excluding carboxylic acids is 1. The van der Waals surface area contributed by atoms with Gasteiger partial charge in [0.1, 0.15) is 0 Å². The van der Waals surface area contributed by atoms with Gasteiger partial charge in [0, 0.05) is 40.3 Å². The number of nitrogens with zero attached hydrogens (tertiary/aromatic N) is 4. The maximum absolute atomic E-state index is 13.6. The average molecular weight is 317 g/mol. The molecular weight excluding hydrogens is 297 g/mol. The standard InChI is InChI=1S/C16H20FN5O/c1-21(2)14-13(17)10-19-16(20-14)18-9-11-6-5-7-12(8-11)15(23)22(3)4/h5-8,10H,9H2,1-4H3,(H,18,19,20). The summed E-state index contributed by atoms with van der Waals surface area (Å²) in [5.41, 5.74) is 1.53. The molecule has 0 unspecified atom stereocenters. The van der Waals surface area contributed by atoms with Crippen LogP contribution >= 0.6 is 0 Å². The van der Waals surface area contributed by atoms with Gasteiger partial charge < -0.3 is 15.1 Å². The Morgan fingerprint density at radius 2 is 2.00 bits per heavy atom. The SMILES string of the molecule is CN(C)C(=O)c1cccc(CNc2ncc(F)c(N(C)C)n2)c1. The molecule has 0 aliphatic carbocycles. The fourth-order valence-corrected chi connectivity index (χ4v) is 2.01. The molecule has 0 aliphatic heterocycles. The molecule has 0 saturated heterocycles. The van der Waals surface area contributed by atoms with Crippen molar-refractivity contribution >= 4 is 17.7 Å². The minimum absolute atomic E-state index is 0.0558. The summed E-state index contributed by atoms with van der Waals surface area (Å²) in [6, 6.07) is 7.30. The maximum Gasteiger partial charge on any atom is 0.253 e. The lowest BCUT2D eigenvalue weighted by atomic mass is 10.1. The second-order valence-electron chi connectivity index (χ2n) is 5.51. The highest BCUT2D eigenvalue weighted by molar-refractivity contribution is 5.94. The maximum atomic E-state index is 13.6. The van der Waals surface area contributed by atoms with Gasteiger partial charge >= 0.3 is 0 Å². The summed E-state index contributed by atoms with van der Waals surface area (Å²) in [7, 11) is 6.85. The largest absolute Gasteiger partial charge is 0.360 e. The highest BCUT2D eigenvalue weighted by atomic mass is 19.1. The van der Waals surface area contributed by atoms with E-state index in [9.17, 15) is 9.18 Å². The van der Waals surface area contributed by atoms with Crippen LogP contribution in [0.25, 0.3) is 0 Å². The molecular formula is C16H20FN5O. The molecule has 1 N–H and O–H groups in total. The van der Waals surface area contributed by atoms with Crippen LogP contribution in [0.2, 0.25) is 0 Å². The van der Waals surface area contributed by atoms with Crippen LogP contribution in [0.1, 0.15) is 15.9 Å². The Morgan fingerprint density at radius 1 is 1.26 bits per heavy atom. The molecule has 7 heteroatoms. The Balaban J connectivity index is 2.11. The fourth-order valence-electron chi connectivity index (χ4n) is 2.01. The Bertz CT molecular complexity index is 703. The molecule has 0 saturated carbocycles. The number of amides is 1. The Labute approximate surface area is 135 Å². The molecule has 0 spiro atoms. The number of aromatic nitrogens is 2. The van der Waals surface area contributed by atoms with Crippen molar-refractivity contribution in [2.75, 3.05) is 38.4 Å². The molecule has 23 heavy (non-hydrogen) atoms. The fraction of sp³-hybridized carbons (Fsp3) is 0.312. The van der Waals surface area contributed by atoms with Crippen LogP contribution in [0, 0.1) is 5.82 Å². The van der Waals surface area contributed by atoms with Gasteiger partial charge in [0.2, 0.25) is 5.95 Å². The zero-order chi connectivity index (χ0) is 17.0. The van der Waals surface area contributed by atoms with Crippen molar-refractivity contribution in [3.8, 4) is 0 Å². The van der Waals surface area contributed by atoms with Gasteiger partial charge in [-0.25, -0.2) is 9.37 Å². The number of hydrogen-bond acceptors (Lipinski definition) is 5. The summed E-state index contributed by atoms with van der Waals surface area (Å²) >= 11 is 0. The summed E-state index contributed by atoms with van der Waals surface area (Å²) < 4.78 is 13.6. The van der Waals surface area contributed by atoms with Gasteiger partial charge in [0.25, 0.3) is 5.91 Å². The highest BCUT2D eigenvalue weighted by Crippen LogP contribution is 2.15. The summed E-state index contributed by atoms with van der Waals surface area (Å²) in [6.45, 7) is 0.438. The van der Waals surface area contributed by atoms with Crippen LogP contribution in [0.5, 0.6) is 0 Å². The van der Waals surface area contributed by atoms with Crippen molar-refractivity contribution in [1.29, 1.82) is 0 Å². The van der Waals surface area contributed by atoms with Crippen LogP contribution in [-0.4, -0.2) is 49.0 Å². The first-order chi connectivity index (χ1) is 10.9. The zero-order valence-electron chi connectivity index (χ0n) is 13.7. The molecule has 2 rings (SSSR count). The van der Waals surface area contributed by atoms with E-state index in [0.717, 1.165) is 11.8 Å². The van der Waals surface area contributed by atoms with E-state index in [1.54, 1.807) is 39.2 Å². The van der Waals surface area contributed by atoms with Gasteiger partial charge in [0.15, 0.2) is 11.6 Å². The molecule has 1 aromatic carbocycles. The van der Waals surface area contributed by atoms with Crippen LogP contribution < -0.4 is 10.2 Å². The van der Waals surface area contributed by atoms with E-state index in [1.807, 2.05) is 18.2 Å². The number of benzene rings is 1. The first-order valence-corrected chi connectivity index (χ1v) is 7.13. The number of anilines is 2. The molecule has 0 atom stereocenters. The van der Waals surface area contributed by atoms with Crippen LogP contribution in [0.15, 0.2) is 30.5 Å². The van der Waals surface area contributed by atoms with E-state index in [4.69, 9.17) is 0 Å². The molecule has 1 aromatic heterocycles. The van der Waals surface area contributed by atoms with Gasteiger partial charge in [-0.1, -0.05) is 12.1 Å². The Hall–Kier alpha value is -2.70. The van der Waals surface area contributed by atoms with E-state index in [1.165, 1.54) is 4.90 Å². The Kier molecular flexibility index (Phi) is 5.10. The van der Waals surface area contributed by atoms with E-state index in [0.29, 0.717) is 18.1 Å². The number of nitrogens with one attached hydrogen (secondary N) is 1. The molecule has 0 bridgehead atoms. The third kappa shape index (κ3) is 4.15. The molecule has 0 fully saturated rings. The zero-order valence-corrected chi connectivity index (χ0v) is 13.7. The van der Waals surface area contributed by atoms with Gasteiger partial charge in [-0.15, -0.1) is 0 Å². The average Bonchev–Trinajstić information content (AvgIpc) is 2.53. The van der Waals surface area contributed by atoms with Crippen molar-refractivity contribution in [3.05, 3.63) is 47.4 Å². The van der Waals surface area contributed by atoms with Crippen LogP contribution in [-0.2, 0) is 6.54 Å². The quantitative estimate of drug-likeness (QED) is 0.914. The number of halogens is 1. The van der Waals surface area contributed by atoms with Crippen molar-refractivity contribution in [2.45, 2.75) is 6.54 Å². The van der Waals surface area contributed by atoms with Gasteiger partial charge in [-0.3, -0.25) is 4.79 Å². The van der Waals surface area contributed by atoms with Crippen molar-refractivity contribution < 1.29 is 9.18 Å². The van der Waals surface area contributed by atoms with Crippen LogP contribution in [0.4, 0.5) is 16.2 Å². The predicted molar refractivity (Wildman–Crippen MR) is 88.1 cm³/mol. The van der Waals surface area contributed by atoms with Crippen molar-refractivity contribution in [3.63, 3.8) is 0 Å². The molecule has 6 nitrogen and oxygen atoms in total. The van der Waals surface area contributed by atoms with Gasteiger partial charge in [-0.05, 0) is 17.7 Å². The minimum Gasteiger partial charge on any atom is -0.360 e. The summed E-state index contributed by atoms with van der Waals surface area (Å²) in [5.74, 6) is 0.0254.